The smallest absolute Gasteiger partial charge is 0.271 e. The van der Waals surface area contributed by atoms with Crippen LogP contribution in [0.1, 0.15) is 22.3 Å². The molecule has 0 saturated carbocycles. The second-order valence-corrected chi connectivity index (χ2v) is 9.71. The number of non-ortho nitro benzene ring substituents is 1. The van der Waals surface area contributed by atoms with Gasteiger partial charge in [0.2, 0.25) is 5.91 Å². The Bertz CT molecular complexity index is 1320. The van der Waals surface area contributed by atoms with Crippen LogP contribution in [0.15, 0.2) is 65.6 Å². The molecule has 0 saturated heterocycles. The van der Waals surface area contributed by atoms with Crippen LogP contribution in [0.4, 0.5) is 17.1 Å². The quantitative estimate of drug-likeness (QED) is 0.401. The Labute approximate surface area is 193 Å². The number of sulfonamides is 1. The summed E-state index contributed by atoms with van der Waals surface area (Å²) in [5, 5.41) is 13.7. The molecule has 3 aromatic rings. The largest absolute Gasteiger partial charge is 0.324 e. The summed E-state index contributed by atoms with van der Waals surface area (Å²) in [5.41, 5.74) is 3.61. The van der Waals surface area contributed by atoms with Gasteiger partial charge in [0.05, 0.1) is 21.2 Å². The van der Waals surface area contributed by atoms with Gasteiger partial charge in [-0.15, -0.1) is 0 Å². The number of anilines is 2. The van der Waals surface area contributed by atoms with Gasteiger partial charge >= 0.3 is 0 Å². The van der Waals surface area contributed by atoms with Crippen LogP contribution in [0.2, 0.25) is 0 Å². The lowest BCUT2D eigenvalue weighted by Gasteiger charge is -2.26. The number of hydrogen-bond donors (Lipinski definition) is 1. The molecule has 0 aliphatic rings. The highest BCUT2D eigenvalue weighted by molar-refractivity contribution is 7.92. The summed E-state index contributed by atoms with van der Waals surface area (Å²) in [6, 6.07) is 15.8. The maximum absolute atomic E-state index is 13.6. The van der Waals surface area contributed by atoms with Crippen molar-refractivity contribution in [1.82, 2.24) is 0 Å². The third-order valence-corrected chi connectivity index (χ3v) is 7.22. The fourth-order valence-electron chi connectivity index (χ4n) is 3.32. The highest BCUT2D eigenvalue weighted by atomic mass is 32.2. The number of nitro benzene ring substituents is 1. The predicted molar refractivity (Wildman–Crippen MR) is 128 cm³/mol. The zero-order valence-electron chi connectivity index (χ0n) is 18.8. The molecule has 0 atom stereocenters. The Morgan fingerprint density at radius 2 is 1.64 bits per heavy atom. The first-order valence-electron chi connectivity index (χ1n) is 10.2. The molecule has 0 bridgehead atoms. The lowest BCUT2D eigenvalue weighted by atomic mass is 10.1. The molecule has 0 aliphatic carbocycles. The van der Waals surface area contributed by atoms with Gasteiger partial charge in [0.25, 0.3) is 15.7 Å². The molecule has 3 aromatic carbocycles. The van der Waals surface area contributed by atoms with Crippen molar-refractivity contribution in [2.75, 3.05) is 16.2 Å². The van der Waals surface area contributed by atoms with Gasteiger partial charge in [0.1, 0.15) is 6.54 Å². The van der Waals surface area contributed by atoms with Crippen molar-refractivity contribution in [2.24, 2.45) is 0 Å². The fraction of sp³-hybridized carbons (Fsp3) is 0.208. The number of benzene rings is 3. The van der Waals surface area contributed by atoms with Gasteiger partial charge in [0.15, 0.2) is 0 Å². The number of rotatable bonds is 7. The first-order valence-corrected chi connectivity index (χ1v) is 11.6. The van der Waals surface area contributed by atoms with E-state index in [1.165, 1.54) is 30.3 Å². The number of amides is 1. The minimum absolute atomic E-state index is 0.0633. The molecule has 8 nitrogen and oxygen atoms in total. The standard InChI is InChI=1S/C24H25N3O5S/c1-16-8-12-21(13-9-16)33(31,32)26(23-7-5-6-17(2)19(23)4)15-24(28)25-22-14-20(27(29)30)11-10-18(22)3/h5-14H,15H2,1-4H3,(H,25,28). The summed E-state index contributed by atoms with van der Waals surface area (Å²) < 4.78 is 28.2. The number of nitro groups is 1. The minimum atomic E-state index is -4.06. The molecule has 0 unspecified atom stereocenters. The van der Waals surface area contributed by atoms with Crippen LogP contribution in [0.25, 0.3) is 0 Å². The van der Waals surface area contributed by atoms with Gasteiger partial charge in [0, 0.05) is 12.1 Å². The summed E-state index contributed by atoms with van der Waals surface area (Å²) in [7, 11) is -4.06. The van der Waals surface area contributed by atoms with E-state index in [-0.39, 0.29) is 16.3 Å². The zero-order valence-corrected chi connectivity index (χ0v) is 19.6. The maximum Gasteiger partial charge on any atom is 0.271 e. The first kappa shape index (κ1) is 23.9. The van der Waals surface area contributed by atoms with E-state index in [1.807, 2.05) is 19.9 Å². The molecule has 0 radical (unpaired) electrons. The van der Waals surface area contributed by atoms with Crippen LogP contribution in [0.3, 0.4) is 0 Å². The molecule has 9 heteroatoms. The van der Waals surface area contributed by atoms with Gasteiger partial charge < -0.3 is 5.32 Å². The van der Waals surface area contributed by atoms with Crippen molar-refractivity contribution in [3.8, 4) is 0 Å². The monoisotopic (exact) mass is 467 g/mol. The molecular formula is C24H25N3O5S. The van der Waals surface area contributed by atoms with Gasteiger partial charge in [-0.05, 0) is 62.6 Å². The molecule has 3 rings (SSSR count). The molecule has 0 heterocycles. The number of carbonyl (C=O) groups is 1. The molecule has 1 N–H and O–H groups in total. The topological polar surface area (TPSA) is 110 Å². The van der Waals surface area contributed by atoms with Gasteiger partial charge in [-0.1, -0.05) is 35.9 Å². The van der Waals surface area contributed by atoms with E-state index < -0.39 is 27.4 Å². The number of nitrogens with one attached hydrogen (secondary N) is 1. The predicted octanol–water partition coefficient (Wildman–Crippen LogP) is 4.66. The van der Waals surface area contributed by atoms with Crippen molar-refractivity contribution in [3.05, 3.63) is 93.0 Å². The highest BCUT2D eigenvalue weighted by Gasteiger charge is 2.29. The van der Waals surface area contributed by atoms with Crippen molar-refractivity contribution in [1.29, 1.82) is 0 Å². The number of hydrogen-bond acceptors (Lipinski definition) is 5. The Balaban J connectivity index is 2.01. The Hall–Kier alpha value is -3.72. The highest BCUT2D eigenvalue weighted by Crippen LogP contribution is 2.29. The molecule has 172 valence electrons. The third kappa shape index (κ3) is 5.20. The molecule has 0 spiro atoms. The summed E-state index contributed by atoms with van der Waals surface area (Å²) in [6.07, 6.45) is 0. The maximum atomic E-state index is 13.6. The van der Waals surface area contributed by atoms with Crippen LogP contribution in [0, 0.1) is 37.8 Å². The second kappa shape index (κ2) is 9.41. The Kier molecular flexibility index (Phi) is 6.83. The van der Waals surface area contributed by atoms with Gasteiger partial charge in [-0.25, -0.2) is 8.42 Å². The van der Waals surface area contributed by atoms with Crippen molar-refractivity contribution in [3.63, 3.8) is 0 Å². The van der Waals surface area contributed by atoms with E-state index in [0.29, 0.717) is 11.3 Å². The van der Waals surface area contributed by atoms with Crippen LogP contribution in [-0.2, 0) is 14.8 Å². The molecular weight excluding hydrogens is 442 g/mol. The van der Waals surface area contributed by atoms with Crippen molar-refractivity contribution in [2.45, 2.75) is 32.6 Å². The molecule has 0 fully saturated rings. The number of nitrogens with zero attached hydrogens (tertiary/aromatic N) is 2. The summed E-state index contributed by atoms with van der Waals surface area (Å²) in [4.78, 5) is 23.6. The SMILES string of the molecule is Cc1ccc(S(=O)(=O)N(CC(=O)Nc2cc([N+](=O)[O-])ccc2C)c2cccc(C)c2C)cc1. The molecule has 1 amide bonds. The van der Waals surface area contributed by atoms with Crippen LogP contribution >= 0.6 is 0 Å². The van der Waals surface area contributed by atoms with E-state index in [4.69, 9.17) is 0 Å². The summed E-state index contributed by atoms with van der Waals surface area (Å²) >= 11 is 0. The number of carbonyl (C=O) groups excluding carboxylic acids is 1. The summed E-state index contributed by atoms with van der Waals surface area (Å²) in [6.45, 7) is 6.72. The van der Waals surface area contributed by atoms with Crippen LogP contribution in [0.5, 0.6) is 0 Å². The first-order chi connectivity index (χ1) is 15.5. The van der Waals surface area contributed by atoms with E-state index in [9.17, 15) is 23.3 Å². The van der Waals surface area contributed by atoms with E-state index in [0.717, 1.165) is 21.0 Å². The lowest BCUT2D eigenvalue weighted by molar-refractivity contribution is -0.384. The average Bonchev–Trinajstić information content (AvgIpc) is 2.76. The molecule has 0 aliphatic heterocycles. The van der Waals surface area contributed by atoms with Gasteiger partial charge in [-0.3, -0.25) is 19.2 Å². The third-order valence-electron chi connectivity index (χ3n) is 5.45. The second-order valence-electron chi connectivity index (χ2n) is 7.85. The molecule has 0 aromatic heterocycles. The number of aryl methyl sites for hydroxylation is 3. The van der Waals surface area contributed by atoms with Gasteiger partial charge in [-0.2, -0.15) is 0 Å². The van der Waals surface area contributed by atoms with E-state index in [1.54, 1.807) is 38.1 Å². The van der Waals surface area contributed by atoms with Crippen LogP contribution < -0.4 is 9.62 Å². The van der Waals surface area contributed by atoms with Crippen LogP contribution in [-0.4, -0.2) is 25.8 Å². The van der Waals surface area contributed by atoms with E-state index in [2.05, 4.69) is 5.32 Å². The average molecular weight is 468 g/mol. The zero-order chi connectivity index (χ0) is 24.3. The lowest BCUT2D eigenvalue weighted by Crippen LogP contribution is -2.38. The summed E-state index contributed by atoms with van der Waals surface area (Å²) in [5.74, 6) is -0.616. The Morgan fingerprint density at radius 3 is 2.27 bits per heavy atom. The minimum Gasteiger partial charge on any atom is -0.324 e. The Morgan fingerprint density at radius 1 is 0.970 bits per heavy atom. The molecule has 33 heavy (non-hydrogen) atoms. The van der Waals surface area contributed by atoms with Crippen molar-refractivity contribution >= 4 is 33.0 Å². The fourth-order valence-corrected chi connectivity index (χ4v) is 4.80. The van der Waals surface area contributed by atoms with E-state index >= 15 is 0 Å². The normalized spacial score (nSPS) is 11.2. The van der Waals surface area contributed by atoms with Crippen molar-refractivity contribution < 1.29 is 18.1 Å².